The summed E-state index contributed by atoms with van der Waals surface area (Å²) in [5.41, 5.74) is 0.875. The van der Waals surface area contributed by atoms with E-state index in [9.17, 15) is 8.42 Å². The van der Waals surface area contributed by atoms with Crippen LogP contribution in [-0.2, 0) is 16.6 Å². The van der Waals surface area contributed by atoms with Crippen LogP contribution in [0.5, 0.6) is 0 Å². The third-order valence-electron chi connectivity index (χ3n) is 2.68. The van der Waals surface area contributed by atoms with Gasteiger partial charge in [-0.15, -0.1) is 6.58 Å². The van der Waals surface area contributed by atoms with Crippen LogP contribution >= 0.6 is 11.6 Å². The van der Waals surface area contributed by atoms with E-state index in [4.69, 9.17) is 11.6 Å². The van der Waals surface area contributed by atoms with E-state index in [-0.39, 0.29) is 16.5 Å². The van der Waals surface area contributed by atoms with Crippen LogP contribution in [0.1, 0.15) is 12.5 Å². The average molecular weight is 303 g/mol. The third kappa shape index (κ3) is 3.79. The minimum atomic E-state index is -3.58. The lowest BCUT2D eigenvalue weighted by Gasteiger charge is -2.20. The van der Waals surface area contributed by atoms with Crippen molar-refractivity contribution in [3.63, 3.8) is 0 Å². The summed E-state index contributed by atoms with van der Waals surface area (Å²) in [7, 11) is -1.78. The number of hydrogen-bond donors (Lipinski definition) is 1. The lowest BCUT2D eigenvalue weighted by Crippen LogP contribution is -2.31. The van der Waals surface area contributed by atoms with Gasteiger partial charge in [0, 0.05) is 19.6 Å². The summed E-state index contributed by atoms with van der Waals surface area (Å²) in [4.78, 5) is 0.144. The van der Waals surface area contributed by atoms with Crippen molar-refractivity contribution in [2.75, 3.05) is 20.1 Å². The molecule has 0 heterocycles. The summed E-state index contributed by atoms with van der Waals surface area (Å²) < 4.78 is 26.3. The van der Waals surface area contributed by atoms with Gasteiger partial charge in [0.15, 0.2) is 0 Å². The van der Waals surface area contributed by atoms with Crippen molar-refractivity contribution >= 4 is 21.6 Å². The summed E-state index contributed by atoms with van der Waals surface area (Å²) in [6.07, 6.45) is 1.56. The Labute approximate surface area is 120 Å². The van der Waals surface area contributed by atoms with E-state index in [1.807, 2.05) is 6.07 Å². The first-order valence-corrected chi connectivity index (χ1v) is 7.83. The predicted molar refractivity (Wildman–Crippen MR) is 78.8 cm³/mol. The highest BCUT2D eigenvalue weighted by molar-refractivity contribution is 7.89. The van der Waals surface area contributed by atoms with Gasteiger partial charge in [-0.05, 0) is 24.7 Å². The average Bonchev–Trinajstić information content (AvgIpc) is 2.38. The zero-order valence-electron chi connectivity index (χ0n) is 11.2. The van der Waals surface area contributed by atoms with E-state index in [0.29, 0.717) is 13.1 Å². The second kappa shape index (κ2) is 7.05. The maximum absolute atomic E-state index is 12.5. The molecule has 4 nitrogen and oxygen atoms in total. The molecule has 0 radical (unpaired) electrons. The molecule has 0 bridgehead atoms. The lowest BCUT2D eigenvalue weighted by molar-refractivity contribution is 0.460. The van der Waals surface area contributed by atoms with Gasteiger partial charge < -0.3 is 5.32 Å². The Morgan fingerprint density at radius 3 is 2.68 bits per heavy atom. The van der Waals surface area contributed by atoms with Gasteiger partial charge in [0.05, 0.1) is 5.02 Å². The van der Waals surface area contributed by atoms with Crippen molar-refractivity contribution in [3.05, 3.63) is 41.4 Å². The molecular weight excluding hydrogens is 284 g/mol. The van der Waals surface area contributed by atoms with Gasteiger partial charge >= 0.3 is 0 Å². The molecule has 1 aromatic rings. The minimum Gasteiger partial charge on any atom is -0.316 e. The predicted octanol–water partition coefficient (Wildman–Crippen LogP) is 2.26. The zero-order chi connectivity index (χ0) is 14.5. The van der Waals surface area contributed by atoms with Gasteiger partial charge in [0.1, 0.15) is 4.90 Å². The number of halogens is 1. The molecule has 0 unspecified atom stereocenters. The maximum atomic E-state index is 12.5. The molecular formula is C13H19ClN2O2S. The van der Waals surface area contributed by atoms with Crippen molar-refractivity contribution in [1.29, 1.82) is 0 Å². The van der Waals surface area contributed by atoms with Gasteiger partial charge in [-0.2, -0.15) is 4.31 Å². The van der Waals surface area contributed by atoms with E-state index in [1.54, 1.807) is 32.2 Å². The second-order valence-electron chi connectivity index (χ2n) is 4.04. The standard InChI is InChI=1S/C13H19ClN2O2S/c1-4-8-16(5-2)19(17,18)13-9-11(10-15-3)6-7-12(13)14/h4,6-7,9,15H,1,5,8,10H2,2-3H3. The van der Waals surface area contributed by atoms with Crippen molar-refractivity contribution in [2.24, 2.45) is 0 Å². The van der Waals surface area contributed by atoms with Gasteiger partial charge in [0.2, 0.25) is 10.0 Å². The highest BCUT2D eigenvalue weighted by Gasteiger charge is 2.24. The van der Waals surface area contributed by atoms with Gasteiger partial charge in [-0.25, -0.2) is 8.42 Å². The Morgan fingerprint density at radius 2 is 2.16 bits per heavy atom. The summed E-state index contributed by atoms with van der Waals surface area (Å²) in [5.74, 6) is 0. The van der Waals surface area contributed by atoms with E-state index < -0.39 is 10.0 Å². The van der Waals surface area contributed by atoms with Crippen molar-refractivity contribution in [3.8, 4) is 0 Å². The minimum absolute atomic E-state index is 0.144. The summed E-state index contributed by atoms with van der Waals surface area (Å²) in [5, 5.41) is 3.22. The smallest absolute Gasteiger partial charge is 0.244 e. The first-order valence-electron chi connectivity index (χ1n) is 6.01. The summed E-state index contributed by atoms with van der Waals surface area (Å²) in [6.45, 7) is 6.60. The summed E-state index contributed by atoms with van der Waals surface area (Å²) in [6, 6.07) is 5.03. The van der Waals surface area contributed by atoms with Crippen molar-refractivity contribution in [2.45, 2.75) is 18.4 Å². The number of benzene rings is 1. The molecule has 0 aliphatic heterocycles. The molecule has 0 saturated heterocycles. The normalized spacial score (nSPS) is 11.8. The van der Waals surface area contributed by atoms with Gasteiger partial charge in [-0.3, -0.25) is 0 Å². The molecule has 1 aromatic carbocycles. The second-order valence-corrected chi connectivity index (χ2v) is 6.35. The molecule has 0 saturated carbocycles. The number of sulfonamides is 1. The first-order chi connectivity index (χ1) is 8.97. The molecule has 0 spiro atoms. The fraction of sp³-hybridized carbons (Fsp3) is 0.385. The van der Waals surface area contributed by atoms with Crippen LogP contribution < -0.4 is 5.32 Å². The van der Waals surface area contributed by atoms with E-state index in [0.717, 1.165) is 5.56 Å². The Morgan fingerprint density at radius 1 is 1.47 bits per heavy atom. The van der Waals surface area contributed by atoms with Gasteiger partial charge in [-0.1, -0.05) is 30.7 Å². The van der Waals surface area contributed by atoms with Gasteiger partial charge in [0.25, 0.3) is 0 Å². The van der Waals surface area contributed by atoms with Crippen LogP contribution in [0.25, 0.3) is 0 Å². The fourth-order valence-electron chi connectivity index (χ4n) is 1.74. The van der Waals surface area contributed by atoms with E-state index >= 15 is 0 Å². The first kappa shape index (κ1) is 16.2. The largest absolute Gasteiger partial charge is 0.316 e. The molecule has 106 valence electrons. The molecule has 1 rings (SSSR count). The Bertz CT molecular complexity index is 544. The monoisotopic (exact) mass is 302 g/mol. The van der Waals surface area contributed by atoms with Crippen molar-refractivity contribution < 1.29 is 8.42 Å². The van der Waals surface area contributed by atoms with E-state index in [1.165, 1.54) is 4.31 Å². The number of rotatable bonds is 7. The van der Waals surface area contributed by atoms with E-state index in [2.05, 4.69) is 11.9 Å². The molecule has 1 N–H and O–H groups in total. The quantitative estimate of drug-likeness (QED) is 0.786. The number of likely N-dealkylation sites (N-methyl/N-ethyl adjacent to an activating group) is 1. The van der Waals surface area contributed by atoms with Crippen molar-refractivity contribution in [1.82, 2.24) is 9.62 Å². The number of hydrogen-bond acceptors (Lipinski definition) is 3. The SMILES string of the molecule is C=CCN(CC)S(=O)(=O)c1cc(CNC)ccc1Cl. The molecule has 0 aromatic heterocycles. The number of nitrogens with one attached hydrogen (secondary N) is 1. The highest BCUT2D eigenvalue weighted by atomic mass is 35.5. The summed E-state index contributed by atoms with van der Waals surface area (Å²) >= 11 is 6.03. The number of nitrogens with zero attached hydrogens (tertiary/aromatic N) is 1. The van der Waals surface area contributed by atoms with Crippen LogP contribution in [0.4, 0.5) is 0 Å². The maximum Gasteiger partial charge on any atom is 0.244 e. The highest BCUT2D eigenvalue weighted by Crippen LogP contribution is 2.25. The molecule has 0 aliphatic rings. The zero-order valence-corrected chi connectivity index (χ0v) is 12.8. The van der Waals surface area contributed by atoms with Crippen LogP contribution in [-0.4, -0.2) is 32.9 Å². The molecule has 19 heavy (non-hydrogen) atoms. The Hall–Kier alpha value is -0.880. The Kier molecular flexibility index (Phi) is 6.00. The lowest BCUT2D eigenvalue weighted by atomic mass is 10.2. The molecule has 0 amide bonds. The Balaban J connectivity index is 3.26. The van der Waals surface area contributed by atoms with Crippen LogP contribution in [0, 0.1) is 0 Å². The molecule has 6 heteroatoms. The van der Waals surface area contributed by atoms with Crippen LogP contribution in [0.3, 0.4) is 0 Å². The molecule has 0 aliphatic carbocycles. The topological polar surface area (TPSA) is 49.4 Å². The molecule has 0 fully saturated rings. The van der Waals surface area contributed by atoms with Crippen LogP contribution in [0.15, 0.2) is 35.7 Å². The van der Waals surface area contributed by atoms with Crippen LogP contribution in [0.2, 0.25) is 5.02 Å². The third-order valence-corrected chi connectivity index (χ3v) is 5.10. The fourth-order valence-corrected chi connectivity index (χ4v) is 3.68. The molecule has 0 atom stereocenters.